The molecule has 12 heavy (non-hydrogen) atoms. The number of hydrogen-bond donors (Lipinski definition) is 2. The van der Waals surface area contributed by atoms with Gasteiger partial charge in [0.15, 0.2) is 5.84 Å². The van der Waals surface area contributed by atoms with Crippen molar-refractivity contribution in [3.8, 4) is 0 Å². The molecule has 0 atom stereocenters. The molecular weight excluding hydrogens is 218 g/mol. The zero-order valence-electron chi connectivity index (χ0n) is 6.13. The Morgan fingerprint density at radius 1 is 1.42 bits per heavy atom. The van der Waals surface area contributed by atoms with Crippen LogP contribution in [0.2, 0.25) is 0 Å². The molecule has 0 spiro atoms. The number of aliphatic imine (C=N–C) groups is 1. The van der Waals surface area contributed by atoms with Crippen molar-refractivity contribution in [3.63, 3.8) is 0 Å². The van der Waals surface area contributed by atoms with Crippen LogP contribution in [0.4, 0.5) is 0 Å². The van der Waals surface area contributed by atoms with Crippen LogP contribution in [-0.4, -0.2) is 11.7 Å². The molecule has 0 saturated heterocycles. The van der Waals surface area contributed by atoms with E-state index in [9.17, 15) is 0 Å². The molecule has 1 aliphatic rings. The number of fused-ring (bicyclic) bond motifs is 1. The summed E-state index contributed by atoms with van der Waals surface area (Å²) in [5.41, 5.74) is 7.22. The summed E-state index contributed by atoms with van der Waals surface area (Å²) in [6.45, 7) is 0. The molecule has 0 unspecified atom stereocenters. The summed E-state index contributed by atoms with van der Waals surface area (Å²) in [7, 11) is 0. The first-order chi connectivity index (χ1) is 5.70. The van der Waals surface area contributed by atoms with Crippen LogP contribution >= 0.6 is 15.9 Å². The van der Waals surface area contributed by atoms with Crippen LogP contribution < -0.4 is 5.73 Å². The molecule has 0 radical (unpaired) electrons. The highest BCUT2D eigenvalue weighted by atomic mass is 79.9. The second-order valence-corrected chi connectivity index (χ2v) is 3.36. The van der Waals surface area contributed by atoms with Crippen molar-refractivity contribution in [2.75, 3.05) is 0 Å². The van der Waals surface area contributed by atoms with Crippen LogP contribution in [0.15, 0.2) is 27.7 Å². The van der Waals surface area contributed by atoms with Gasteiger partial charge in [0.2, 0.25) is 0 Å². The Bertz CT molecular complexity index is 395. The summed E-state index contributed by atoms with van der Waals surface area (Å²) < 4.78 is 0.870. The van der Waals surface area contributed by atoms with Gasteiger partial charge in [-0.25, -0.2) is 4.99 Å². The van der Waals surface area contributed by atoms with Crippen molar-refractivity contribution < 1.29 is 0 Å². The van der Waals surface area contributed by atoms with E-state index in [0.29, 0.717) is 5.84 Å². The molecule has 0 aliphatic carbocycles. The van der Waals surface area contributed by atoms with Crippen LogP contribution in [0, 0.1) is 5.41 Å². The predicted molar refractivity (Wildman–Crippen MR) is 51.7 cm³/mol. The van der Waals surface area contributed by atoms with Crippen LogP contribution in [0.3, 0.4) is 0 Å². The topological polar surface area (TPSA) is 62.2 Å². The maximum Gasteiger partial charge on any atom is 0.156 e. The second kappa shape index (κ2) is 2.42. The van der Waals surface area contributed by atoms with E-state index in [-0.39, 0.29) is 5.84 Å². The summed E-state index contributed by atoms with van der Waals surface area (Å²) in [4.78, 5) is 3.87. The van der Waals surface area contributed by atoms with Gasteiger partial charge in [0, 0.05) is 15.6 Å². The van der Waals surface area contributed by atoms with Gasteiger partial charge in [-0.15, -0.1) is 0 Å². The Morgan fingerprint density at radius 2 is 2.17 bits per heavy atom. The van der Waals surface area contributed by atoms with E-state index in [1.165, 1.54) is 0 Å². The third-order valence-corrected chi connectivity index (χ3v) is 2.42. The van der Waals surface area contributed by atoms with E-state index in [1.807, 2.05) is 18.2 Å². The van der Waals surface area contributed by atoms with Gasteiger partial charge in [0.25, 0.3) is 0 Å². The van der Waals surface area contributed by atoms with E-state index in [2.05, 4.69) is 20.9 Å². The van der Waals surface area contributed by atoms with Crippen LogP contribution in [-0.2, 0) is 0 Å². The average molecular weight is 224 g/mol. The highest BCUT2D eigenvalue weighted by molar-refractivity contribution is 9.10. The smallest absolute Gasteiger partial charge is 0.156 e. The van der Waals surface area contributed by atoms with Gasteiger partial charge in [-0.05, 0) is 6.07 Å². The largest absolute Gasteiger partial charge is 0.383 e. The number of nitrogens with two attached hydrogens (primary N) is 1. The number of hydrogen-bond acceptors (Lipinski definition) is 2. The van der Waals surface area contributed by atoms with Gasteiger partial charge >= 0.3 is 0 Å². The Hall–Kier alpha value is -1.16. The molecule has 1 heterocycles. The van der Waals surface area contributed by atoms with Crippen molar-refractivity contribution >= 4 is 27.6 Å². The number of halogens is 1. The SMILES string of the molecule is N=C1N=C(N)c2cccc(Br)c21. The summed E-state index contributed by atoms with van der Waals surface area (Å²) in [5, 5.41) is 7.50. The number of nitrogens with one attached hydrogen (secondary N) is 1. The quantitative estimate of drug-likeness (QED) is 0.688. The van der Waals surface area contributed by atoms with E-state index in [4.69, 9.17) is 11.1 Å². The maximum absolute atomic E-state index is 7.50. The summed E-state index contributed by atoms with van der Waals surface area (Å²) in [5.74, 6) is 0.659. The lowest BCUT2D eigenvalue weighted by atomic mass is 10.1. The van der Waals surface area contributed by atoms with Gasteiger partial charge in [0.1, 0.15) is 5.84 Å². The predicted octanol–water partition coefficient (Wildman–Crippen LogP) is 1.49. The highest BCUT2D eigenvalue weighted by Gasteiger charge is 2.19. The molecule has 0 bridgehead atoms. The zero-order chi connectivity index (χ0) is 8.72. The molecule has 4 heteroatoms. The fourth-order valence-corrected chi connectivity index (χ4v) is 1.77. The minimum absolute atomic E-state index is 0.231. The zero-order valence-corrected chi connectivity index (χ0v) is 7.72. The monoisotopic (exact) mass is 223 g/mol. The lowest BCUT2D eigenvalue weighted by Crippen LogP contribution is -2.10. The van der Waals surface area contributed by atoms with Gasteiger partial charge in [-0.1, -0.05) is 28.1 Å². The van der Waals surface area contributed by atoms with Crippen molar-refractivity contribution in [1.82, 2.24) is 0 Å². The van der Waals surface area contributed by atoms with Gasteiger partial charge in [-0.3, -0.25) is 5.41 Å². The van der Waals surface area contributed by atoms with Gasteiger partial charge < -0.3 is 5.73 Å². The average Bonchev–Trinajstić information content (AvgIpc) is 2.29. The molecule has 0 fully saturated rings. The summed E-state index contributed by atoms with van der Waals surface area (Å²) in [6, 6.07) is 5.62. The first kappa shape index (κ1) is 7.49. The minimum atomic E-state index is 0.231. The van der Waals surface area contributed by atoms with E-state index in [0.717, 1.165) is 15.6 Å². The first-order valence-electron chi connectivity index (χ1n) is 3.42. The standard InChI is InChI=1S/C8H6BrN3/c9-5-3-1-2-4-6(5)8(11)12-7(4)10/h1-3H,(H3,10,11,12). The third kappa shape index (κ3) is 0.881. The van der Waals surface area contributed by atoms with E-state index < -0.39 is 0 Å². The number of benzene rings is 1. The summed E-state index contributed by atoms with van der Waals surface area (Å²) in [6.07, 6.45) is 0. The Morgan fingerprint density at radius 3 is 2.83 bits per heavy atom. The maximum atomic E-state index is 7.50. The highest BCUT2D eigenvalue weighted by Crippen LogP contribution is 2.25. The van der Waals surface area contributed by atoms with Crippen molar-refractivity contribution in [3.05, 3.63) is 33.8 Å². The van der Waals surface area contributed by atoms with E-state index >= 15 is 0 Å². The summed E-state index contributed by atoms with van der Waals surface area (Å²) >= 11 is 3.35. The fraction of sp³-hybridized carbons (Fsp3) is 0. The Labute approximate surface area is 77.9 Å². The van der Waals surface area contributed by atoms with Crippen LogP contribution in [0.1, 0.15) is 11.1 Å². The Balaban J connectivity index is 2.76. The van der Waals surface area contributed by atoms with Gasteiger partial charge in [0.05, 0.1) is 0 Å². The molecule has 1 aromatic carbocycles. The molecule has 0 aromatic heterocycles. The minimum Gasteiger partial charge on any atom is -0.383 e. The molecule has 0 saturated carbocycles. The lowest BCUT2D eigenvalue weighted by molar-refractivity contribution is 1.44. The van der Waals surface area contributed by atoms with Crippen molar-refractivity contribution in [2.45, 2.75) is 0 Å². The molecule has 1 aliphatic heterocycles. The third-order valence-electron chi connectivity index (χ3n) is 1.76. The second-order valence-electron chi connectivity index (χ2n) is 2.51. The fourth-order valence-electron chi connectivity index (χ4n) is 1.21. The Kier molecular flexibility index (Phi) is 1.51. The van der Waals surface area contributed by atoms with Crippen LogP contribution in [0.25, 0.3) is 0 Å². The first-order valence-corrected chi connectivity index (χ1v) is 4.21. The molecular formula is C8H6BrN3. The molecule has 60 valence electrons. The lowest BCUT2D eigenvalue weighted by Gasteiger charge is -1.99. The number of amidine groups is 2. The number of rotatable bonds is 0. The molecule has 1 aromatic rings. The molecule has 3 nitrogen and oxygen atoms in total. The molecule has 2 rings (SSSR count). The van der Waals surface area contributed by atoms with Gasteiger partial charge in [-0.2, -0.15) is 0 Å². The normalized spacial score (nSPS) is 14.4. The number of nitrogens with zero attached hydrogens (tertiary/aromatic N) is 1. The van der Waals surface area contributed by atoms with E-state index in [1.54, 1.807) is 0 Å². The van der Waals surface area contributed by atoms with Crippen LogP contribution in [0.5, 0.6) is 0 Å². The van der Waals surface area contributed by atoms with Crippen molar-refractivity contribution in [1.29, 1.82) is 5.41 Å². The van der Waals surface area contributed by atoms with Crippen molar-refractivity contribution in [2.24, 2.45) is 10.7 Å². The molecule has 3 N–H and O–H groups in total. The molecule has 0 amide bonds.